The van der Waals surface area contributed by atoms with Gasteiger partial charge in [-0.25, -0.2) is 0 Å². The monoisotopic (exact) mass is 441 g/mol. The first-order valence-electron chi connectivity index (χ1n) is 10.4. The van der Waals surface area contributed by atoms with Crippen LogP contribution in [-0.2, 0) is 9.59 Å². The van der Waals surface area contributed by atoms with Crippen LogP contribution in [-0.4, -0.2) is 65.3 Å². The molecule has 174 valence electrons. The first-order chi connectivity index (χ1) is 15.1. The highest BCUT2D eigenvalue weighted by molar-refractivity contribution is 5.91. The number of aliphatic hydroxyl groups excluding tert-OH is 2. The van der Waals surface area contributed by atoms with Crippen LogP contribution < -0.4 is 10.6 Å². The number of hydrogen-bond acceptors (Lipinski definition) is 5. The highest BCUT2D eigenvalue weighted by Gasteiger charge is 2.35. The van der Waals surface area contributed by atoms with E-state index >= 15 is 0 Å². The van der Waals surface area contributed by atoms with E-state index in [1.807, 2.05) is 51.2 Å². The quantitative estimate of drug-likeness (QED) is 0.367. The van der Waals surface area contributed by atoms with Crippen LogP contribution in [0.2, 0.25) is 0 Å². The Morgan fingerprint density at radius 1 is 1.16 bits per heavy atom. The van der Waals surface area contributed by atoms with Crippen LogP contribution in [0.5, 0.6) is 0 Å². The fourth-order valence-electron chi connectivity index (χ4n) is 2.93. The Balaban J connectivity index is 2.65. The summed E-state index contributed by atoms with van der Waals surface area (Å²) in [6.07, 6.45) is 7.16. The van der Waals surface area contributed by atoms with Crippen molar-refractivity contribution < 1.29 is 19.8 Å². The zero-order valence-electron chi connectivity index (χ0n) is 19.2. The molecule has 2 amide bonds. The third-order valence-electron chi connectivity index (χ3n) is 4.93. The van der Waals surface area contributed by atoms with Gasteiger partial charge >= 0.3 is 0 Å². The van der Waals surface area contributed by atoms with E-state index in [9.17, 15) is 19.8 Å². The molecule has 1 aliphatic rings. The van der Waals surface area contributed by atoms with Gasteiger partial charge in [0.2, 0.25) is 0 Å². The number of nitrogens with zero attached hydrogens (tertiary/aromatic N) is 1. The van der Waals surface area contributed by atoms with E-state index in [0.717, 1.165) is 22.3 Å². The van der Waals surface area contributed by atoms with Gasteiger partial charge in [-0.3, -0.25) is 9.59 Å². The highest BCUT2D eigenvalue weighted by Crippen LogP contribution is 2.21. The number of likely N-dealkylation sites (tertiary alicyclic amines) is 1. The fourth-order valence-corrected chi connectivity index (χ4v) is 2.93. The lowest BCUT2D eigenvalue weighted by atomic mass is 10.1. The largest absolute Gasteiger partial charge is 0.382 e. The fraction of sp³-hybridized carbons (Fsp3) is 0.360. The topological polar surface area (TPSA) is 102 Å². The Kier molecular flexibility index (Phi) is 11.2. The maximum Gasteiger partial charge on any atom is 0.255 e. The number of carbonyl (C=O) groups is 2. The minimum atomic E-state index is -1.87. The predicted molar refractivity (Wildman–Crippen MR) is 128 cm³/mol. The van der Waals surface area contributed by atoms with E-state index in [2.05, 4.69) is 30.4 Å². The van der Waals surface area contributed by atoms with E-state index < -0.39 is 24.0 Å². The Morgan fingerprint density at radius 3 is 2.44 bits per heavy atom. The molecule has 7 heteroatoms. The van der Waals surface area contributed by atoms with Crippen molar-refractivity contribution in [2.75, 3.05) is 26.2 Å². The van der Waals surface area contributed by atoms with E-state index in [0.29, 0.717) is 12.2 Å². The number of allylic oxidation sites excluding steroid dienone is 5. The zero-order chi connectivity index (χ0) is 24.3. The Labute approximate surface area is 190 Å². The van der Waals surface area contributed by atoms with Crippen LogP contribution in [0.3, 0.4) is 0 Å². The molecule has 7 nitrogen and oxygen atoms in total. The molecule has 1 fully saturated rings. The minimum Gasteiger partial charge on any atom is -0.382 e. The van der Waals surface area contributed by atoms with Crippen molar-refractivity contribution in [3.05, 3.63) is 84.2 Å². The van der Waals surface area contributed by atoms with Crippen molar-refractivity contribution in [2.45, 2.75) is 33.0 Å². The van der Waals surface area contributed by atoms with Gasteiger partial charge in [-0.1, -0.05) is 55.7 Å². The second-order valence-electron chi connectivity index (χ2n) is 7.56. The van der Waals surface area contributed by atoms with Crippen molar-refractivity contribution in [3.63, 3.8) is 0 Å². The molecular formula is C25H35N3O4. The Hall–Kier alpha value is -3.16. The molecule has 0 aromatic heterocycles. The van der Waals surface area contributed by atoms with Crippen LogP contribution in [0.25, 0.3) is 0 Å². The maximum atomic E-state index is 12.6. The molecule has 32 heavy (non-hydrogen) atoms. The zero-order valence-corrected chi connectivity index (χ0v) is 19.2. The van der Waals surface area contributed by atoms with Crippen molar-refractivity contribution in [1.82, 2.24) is 15.5 Å². The molecule has 1 saturated heterocycles. The lowest BCUT2D eigenvalue weighted by Gasteiger charge is -2.22. The number of aliphatic hydroxyl groups is 2. The van der Waals surface area contributed by atoms with Crippen molar-refractivity contribution >= 4 is 11.8 Å². The first kappa shape index (κ1) is 26.9. The molecule has 0 radical (unpaired) electrons. The van der Waals surface area contributed by atoms with Gasteiger partial charge < -0.3 is 25.7 Å². The summed E-state index contributed by atoms with van der Waals surface area (Å²) in [5.41, 5.74) is 4.15. The van der Waals surface area contributed by atoms with Gasteiger partial charge in [-0.05, 0) is 43.6 Å². The second-order valence-corrected chi connectivity index (χ2v) is 7.56. The molecule has 2 atom stereocenters. The number of amides is 2. The molecule has 1 aliphatic heterocycles. The van der Waals surface area contributed by atoms with E-state index in [1.54, 1.807) is 6.08 Å². The van der Waals surface area contributed by atoms with Gasteiger partial charge in [0.05, 0.1) is 0 Å². The van der Waals surface area contributed by atoms with Crippen molar-refractivity contribution in [1.29, 1.82) is 0 Å². The molecule has 0 bridgehead atoms. The van der Waals surface area contributed by atoms with Crippen molar-refractivity contribution in [2.24, 2.45) is 0 Å². The molecular weight excluding hydrogens is 406 g/mol. The smallest absolute Gasteiger partial charge is 0.255 e. The predicted octanol–water partition coefficient (Wildman–Crippen LogP) is 1.91. The average molecular weight is 442 g/mol. The second kappa shape index (κ2) is 13.3. The van der Waals surface area contributed by atoms with Crippen LogP contribution in [0.15, 0.2) is 84.2 Å². The lowest BCUT2D eigenvalue weighted by Crippen LogP contribution is -2.50. The molecule has 0 aromatic rings. The number of carbonyl (C=O) groups excluding carboxylic acids is 2. The third-order valence-corrected chi connectivity index (χ3v) is 4.93. The van der Waals surface area contributed by atoms with E-state index in [4.69, 9.17) is 0 Å². The summed E-state index contributed by atoms with van der Waals surface area (Å²) in [6, 6.07) is 0. The summed E-state index contributed by atoms with van der Waals surface area (Å²) in [7, 11) is 0. The highest BCUT2D eigenvalue weighted by atomic mass is 16.3. The summed E-state index contributed by atoms with van der Waals surface area (Å²) in [5.74, 6) is -1.54. The molecule has 0 unspecified atom stereocenters. The SMILES string of the molecule is C=CC(=C)NC/C(C)=C/C(=C\C)CNC(=O)[C@H](O)[C@@H](O)C(=O)N1CC(=C)/C(=C\C=C/C)C1. The maximum absolute atomic E-state index is 12.6. The summed E-state index contributed by atoms with van der Waals surface area (Å²) in [5, 5.41) is 26.1. The lowest BCUT2D eigenvalue weighted by molar-refractivity contribution is -0.152. The summed E-state index contributed by atoms with van der Waals surface area (Å²) in [4.78, 5) is 26.2. The van der Waals surface area contributed by atoms with E-state index in [-0.39, 0.29) is 19.6 Å². The van der Waals surface area contributed by atoms with E-state index in [1.165, 1.54) is 4.90 Å². The average Bonchev–Trinajstić information content (AvgIpc) is 3.16. The van der Waals surface area contributed by atoms with Crippen LogP contribution in [0.4, 0.5) is 0 Å². The van der Waals surface area contributed by atoms with Crippen LogP contribution >= 0.6 is 0 Å². The molecule has 0 saturated carbocycles. The molecule has 0 aromatic carbocycles. The van der Waals surface area contributed by atoms with Gasteiger partial charge in [0.25, 0.3) is 11.8 Å². The minimum absolute atomic E-state index is 0.143. The molecule has 0 aliphatic carbocycles. The molecule has 1 rings (SSSR count). The Bertz CT molecular complexity index is 864. The van der Waals surface area contributed by atoms with Gasteiger partial charge in [0.1, 0.15) is 0 Å². The van der Waals surface area contributed by atoms with Gasteiger partial charge in [-0.2, -0.15) is 0 Å². The van der Waals surface area contributed by atoms with Crippen LogP contribution in [0.1, 0.15) is 20.8 Å². The summed E-state index contributed by atoms with van der Waals surface area (Å²) < 4.78 is 0. The number of hydrogen-bond donors (Lipinski definition) is 4. The molecule has 1 heterocycles. The molecule has 4 N–H and O–H groups in total. The number of nitrogens with one attached hydrogen (secondary N) is 2. The molecule has 0 spiro atoms. The Morgan fingerprint density at radius 2 is 1.84 bits per heavy atom. The summed E-state index contributed by atoms with van der Waals surface area (Å²) in [6.45, 7) is 18.2. The van der Waals surface area contributed by atoms with Crippen LogP contribution in [0, 0.1) is 0 Å². The van der Waals surface area contributed by atoms with Gasteiger partial charge in [-0.15, -0.1) is 0 Å². The van der Waals surface area contributed by atoms with Crippen molar-refractivity contribution in [3.8, 4) is 0 Å². The standard InChI is InChI=1S/C25H35N3O4/c1-7-10-11-21-16-28(15-18(21)5)25(32)23(30)22(29)24(31)27-14-20(9-3)12-17(4)13-26-19(6)8-2/h7-12,22-23,26,29-30H,2,5-6,13-16H2,1,3-4H3,(H,27,31)/b10-7-,17-12+,20-9+,21-11-/t22-,23-/m1/s1. The third kappa shape index (κ3) is 8.17. The number of rotatable bonds is 11. The first-order valence-corrected chi connectivity index (χ1v) is 10.4. The normalized spacial score (nSPS) is 18.1. The van der Waals surface area contributed by atoms with Gasteiger partial charge in [0, 0.05) is 31.9 Å². The summed E-state index contributed by atoms with van der Waals surface area (Å²) >= 11 is 0. The van der Waals surface area contributed by atoms with Gasteiger partial charge in [0.15, 0.2) is 12.2 Å².